The lowest BCUT2D eigenvalue weighted by Gasteiger charge is -2.45. The van der Waals surface area contributed by atoms with E-state index in [0.29, 0.717) is 12.6 Å². The molecule has 2 fully saturated rings. The van der Waals surface area contributed by atoms with Gasteiger partial charge in [0.05, 0.1) is 25.3 Å². The minimum absolute atomic E-state index is 0.111. The van der Waals surface area contributed by atoms with Crippen molar-refractivity contribution in [2.75, 3.05) is 33.3 Å². The monoisotopic (exact) mass is 340 g/mol. The van der Waals surface area contributed by atoms with E-state index in [0.717, 1.165) is 43.8 Å². The summed E-state index contributed by atoms with van der Waals surface area (Å²) in [5.74, 6) is 0.111. The van der Waals surface area contributed by atoms with Crippen LogP contribution in [-0.4, -0.2) is 70.9 Å². The molecular formula is C19H24N4O2. The number of rotatable bonds is 3. The van der Waals surface area contributed by atoms with Gasteiger partial charge in [-0.25, -0.2) is 0 Å². The summed E-state index contributed by atoms with van der Waals surface area (Å²) in [7, 11) is 2.12. The van der Waals surface area contributed by atoms with Crippen LogP contribution in [0.1, 0.15) is 22.3 Å². The van der Waals surface area contributed by atoms with Gasteiger partial charge in [0.25, 0.3) is 5.91 Å². The van der Waals surface area contributed by atoms with Crippen molar-refractivity contribution in [3.8, 4) is 0 Å². The van der Waals surface area contributed by atoms with E-state index >= 15 is 0 Å². The SMILES string of the molecule is CN1CCO[C@H]2CCN(C(=O)c3ccccc3Cn3cccn3)C[C@H]21. The summed E-state index contributed by atoms with van der Waals surface area (Å²) in [5.41, 5.74) is 1.78. The smallest absolute Gasteiger partial charge is 0.254 e. The van der Waals surface area contributed by atoms with Crippen LogP contribution in [0.25, 0.3) is 0 Å². The van der Waals surface area contributed by atoms with E-state index in [1.807, 2.05) is 46.1 Å². The summed E-state index contributed by atoms with van der Waals surface area (Å²) in [6.45, 7) is 3.81. The second kappa shape index (κ2) is 6.98. The summed E-state index contributed by atoms with van der Waals surface area (Å²) in [6.07, 6.45) is 4.83. The molecule has 0 radical (unpaired) electrons. The topological polar surface area (TPSA) is 50.6 Å². The fourth-order valence-corrected chi connectivity index (χ4v) is 3.83. The van der Waals surface area contributed by atoms with Crippen LogP contribution in [-0.2, 0) is 11.3 Å². The molecule has 2 aliphatic heterocycles. The van der Waals surface area contributed by atoms with Gasteiger partial charge in [-0.15, -0.1) is 0 Å². The third kappa shape index (κ3) is 3.32. The highest BCUT2D eigenvalue weighted by Gasteiger charge is 2.37. The number of hydrogen-bond acceptors (Lipinski definition) is 4. The number of piperidine rings is 1. The van der Waals surface area contributed by atoms with Crippen LogP contribution in [0, 0.1) is 0 Å². The lowest BCUT2D eigenvalue weighted by atomic mass is 9.97. The van der Waals surface area contributed by atoms with E-state index in [9.17, 15) is 4.79 Å². The van der Waals surface area contributed by atoms with Gasteiger partial charge in [0, 0.05) is 37.6 Å². The third-order valence-corrected chi connectivity index (χ3v) is 5.29. The van der Waals surface area contributed by atoms with Gasteiger partial charge >= 0.3 is 0 Å². The number of hydrogen-bond donors (Lipinski definition) is 0. The molecule has 0 unspecified atom stereocenters. The summed E-state index contributed by atoms with van der Waals surface area (Å²) >= 11 is 0. The third-order valence-electron chi connectivity index (χ3n) is 5.29. The number of likely N-dealkylation sites (N-methyl/N-ethyl adjacent to an activating group) is 1. The van der Waals surface area contributed by atoms with Crippen LogP contribution in [0.3, 0.4) is 0 Å². The molecule has 3 heterocycles. The number of amides is 1. The van der Waals surface area contributed by atoms with E-state index in [2.05, 4.69) is 17.0 Å². The molecule has 2 aromatic rings. The van der Waals surface area contributed by atoms with Gasteiger partial charge in [0.15, 0.2) is 0 Å². The van der Waals surface area contributed by atoms with Crippen LogP contribution in [0.5, 0.6) is 0 Å². The second-order valence-corrected chi connectivity index (χ2v) is 6.86. The first-order chi connectivity index (χ1) is 12.2. The van der Waals surface area contributed by atoms with Gasteiger partial charge in [-0.2, -0.15) is 5.10 Å². The van der Waals surface area contributed by atoms with Crippen LogP contribution in [0.2, 0.25) is 0 Å². The Morgan fingerprint density at radius 3 is 3.00 bits per heavy atom. The summed E-state index contributed by atoms with van der Waals surface area (Å²) < 4.78 is 7.74. The lowest BCUT2D eigenvalue weighted by molar-refractivity contribution is -0.0893. The predicted molar refractivity (Wildman–Crippen MR) is 94.4 cm³/mol. The van der Waals surface area contributed by atoms with E-state index in [1.54, 1.807) is 6.20 Å². The van der Waals surface area contributed by atoms with Gasteiger partial charge in [0.1, 0.15) is 0 Å². The number of carbonyl (C=O) groups excluding carboxylic acids is 1. The molecule has 1 aromatic heterocycles. The fraction of sp³-hybridized carbons (Fsp3) is 0.474. The molecule has 1 aromatic carbocycles. The molecule has 132 valence electrons. The zero-order chi connectivity index (χ0) is 17.2. The maximum Gasteiger partial charge on any atom is 0.254 e. The van der Waals surface area contributed by atoms with Crippen molar-refractivity contribution in [3.63, 3.8) is 0 Å². The van der Waals surface area contributed by atoms with Crippen molar-refractivity contribution in [3.05, 3.63) is 53.9 Å². The number of carbonyl (C=O) groups is 1. The number of nitrogens with zero attached hydrogens (tertiary/aromatic N) is 4. The molecule has 0 spiro atoms. The molecule has 0 aliphatic carbocycles. The Morgan fingerprint density at radius 1 is 1.28 bits per heavy atom. The van der Waals surface area contributed by atoms with Crippen LogP contribution >= 0.6 is 0 Å². The molecule has 0 N–H and O–H groups in total. The van der Waals surface area contributed by atoms with Gasteiger partial charge in [-0.05, 0) is 31.2 Å². The van der Waals surface area contributed by atoms with E-state index in [4.69, 9.17) is 4.74 Å². The summed E-state index contributed by atoms with van der Waals surface area (Å²) in [6, 6.07) is 10.0. The Hall–Kier alpha value is -2.18. The van der Waals surface area contributed by atoms with Crippen LogP contribution in [0.15, 0.2) is 42.7 Å². The Labute approximate surface area is 148 Å². The predicted octanol–water partition coefficient (Wildman–Crippen LogP) is 1.48. The maximum atomic E-state index is 13.2. The van der Waals surface area contributed by atoms with Crippen molar-refractivity contribution < 1.29 is 9.53 Å². The summed E-state index contributed by atoms with van der Waals surface area (Å²) in [4.78, 5) is 17.5. The molecule has 25 heavy (non-hydrogen) atoms. The number of likely N-dealkylation sites (tertiary alicyclic amines) is 1. The van der Waals surface area contributed by atoms with Crippen molar-refractivity contribution in [2.24, 2.45) is 0 Å². The molecule has 6 heteroatoms. The molecule has 1 amide bonds. The van der Waals surface area contributed by atoms with Crippen molar-refractivity contribution >= 4 is 5.91 Å². The Morgan fingerprint density at radius 2 is 2.16 bits per heavy atom. The van der Waals surface area contributed by atoms with Gasteiger partial charge in [-0.3, -0.25) is 14.4 Å². The molecule has 6 nitrogen and oxygen atoms in total. The van der Waals surface area contributed by atoms with E-state index < -0.39 is 0 Å². The van der Waals surface area contributed by atoms with Crippen LogP contribution < -0.4 is 0 Å². The van der Waals surface area contributed by atoms with Crippen molar-refractivity contribution in [2.45, 2.75) is 25.1 Å². The zero-order valence-corrected chi connectivity index (χ0v) is 14.5. The van der Waals surface area contributed by atoms with Crippen molar-refractivity contribution in [1.29, 1.82) is 0 Å². The Kier molecular flexibility index (Phi) is 4.55. The number of benzene rings is 1. The molecule has 2 saturated heterocycles. The van der Waals surface area contributed by atoms with E-state index in [-0.39, 0.29) is 12.0 Å². The Balaban J connectivity index is 1.53. The number of aromatic nitrogens is 2. The first kappa shape index (κ1) is 16.3. The minimum atomic E-state index is 0.111. The Bertz CT molecular complexity index is 731. The van der Waals surface area contributed by atoms with Crippen LogP contribution in [0.4, 0.5) is 0 Å². The molecule has 0 bridgehead atoms. The number of morpholine rings is 1. The average molecular weight is 340 g/mol. The zero-order valence-electron chi connectivity index (χ0n) is 14.5. The van der Waals surface area contributed by atoms with Crippen molar-refractivity contribution in [1.82, 2.24) is 19.6 Å². The minimum Gasteiger partial charge on any atom is -0.375 e. The molecule has 2 atom stereocenters. The fourth-order valence-electron chi connectivity index (χ4n) is 3.83. The van der Waals surface area contributed by atoms with Gasteiger partial charge in [0.2, 0.25) is 0 Å². The van der Waals surface area contributed by atoms with Gasteiger partial charge < -0.3 is 9.64 Å². The largest absolute Gasteiger partial charge is 0.375 e. The molecule has 4 rings (SSSR count). The van der Waals surface area contributed by atoms with Gasteiger partial charge in [-0.1, -0.05) is 18.2 Å². The molecular weight excluding hydrogens is 316 g/mol. The first-order valence-corrected chi connectivity index (χ1v) is 8.89. The summed E-state index contributed by atoms with van der Waals surface area (Å²) in [5, 5.41) is 4.26. The average Bonchev–Trinajstić information content (AvgIpc) is 3.15. The molecule has 2 aliphatic rings. The maximum absolute atomic E-state index is 13.2. The quantitative estimate of drug-likeness (QED) is 0.849. The number of fused-ring (bicyclic) bond motifs is 1. The highest BCUT2D eigenvalue weighted by atomic mass is 16.5. The first-order valence-electron chi connectivity index (χ1n) is 8.89. The standard InChI is InChI=1S/C19H24N4O2/c1-21-11-12-25-18-7-10-22(14-17(18)21)19(24)16-6-3-2-5-15(16)13-23-9-4-8-20-23/h2-6,8-9,17-18H,7,10-14H2,1H3/t17-,18+/m1/s1. The highest BCUT2D eigenvalue weighted by Crippen LogP contribution is 2.24. The van der Waals surface area contributed by atoms with E-state index in [1.165, 1.54) is 0 Å². The highest BCUT2D eigenvalue weighted by molar-refractivity contribution is 5.95. The second-order valence-electron chi connectivity index (χ2n) is 6.86. The number of ether oxygens (including phenoxy) is 1. The molecule has 0 saturated carbocycles. The normalized spacial score (nSPS) is 24.1. The lowest BCUT2D eigenvalue weighted by Crippen LogP contribution is -2.59.